The van der Waals surface area contributed by atoms with Gasteiger partial charge in [0.05, 0.1) is 18.9 Å². The number of hydrogen-bond donors (Lipinski definition) is 0. The molecular weight excluding hydrogens is 391 g/mol. The summed E-state index contributed by atoms with van der Waals surface area (Å²) in [7, 11) is 0. The van der Waals surface area contributed by atoms with E-state index in [2.05, 4.69) is 15.2 Å². The number of anilines is 1. The van der Waals surface area contributed by atoms with Gasteiger partial charge in [0.15, 0.2) is 0 Å². The Morgan fingerprint density at radius 1 is 1.15 bits per heavy atom. The number of benzene rings is 1. The van der Waals surface area contributed by atoms with Crippen LogP contribution < -0.4 is 10.6 Å². The smallest absolute Gasteiger partial charge is 0.337 e. The summed E-state index contributed by atoms with van der Waals surface area (Å²) < 4.78 is 10.6. The molecule has 0 radical (unpaired) electrons. The number of aryl methyl sites for hydroxylation is 1. The maximum atomic E-state index is 11.9. The highest BCUT2D eigenvalue weighted by molar-refractivity contribution is 6.35. The molecule has 1 aromatic heterocycles. The van der Waals surface area contributed by atoms with E-state index in [1.807, 2.05) is 6.07 Å². The SMILES string of the molecule is Cc1cc(N2N=N[C@@H](c3ccc(Cl)cc3Cl)[C@@H]2N2CCOCC2)cc(=O)o1. The van der Waals surface area contributed by atoms with Crippen molar-refractivity contribution >= 4 is 28.9 Å². The third-order valence-corrected chi connectivity index (χ3v) is 5.21. The van der Waals surface area contributed by atoms with E-state index in [0.29, 0.717) is 34.7 Å². The molecule has 2 aliphatic rings. The number of rotatable bonds is 3. The van der Waals surface area contributed by atoms with Crippen molar-refractivity contribution in [1.82, 2.24) is 4.90 Å². The lowest BCUT2D eigenvalue weighted by molar-refractivity contribution is 0.0140. The fraction of sp³-hybridized carbons (Fsp3) is 0.389. The molecule has 0 spiro atoms. The van der Waals surface area contributed by atoms with Gasteiger partial charge in [0.1, 0.15) is 18.0 Å². The lowest BCUT2D eigenvalue weighted by atomic mass is 10.0. The molecule has 0 N–H and O–H groups in total. The average molecular weight is 409 g/mol. The molecule has 1 aromatic carbocycles. The highest BCUT2D eigenvalue weighted by atomic mass is 35.5. The van der Waals surface area contributed by atoms with Crippen molar-refractivity contribution in [3.63, 3.8) is 0 Å². The molecule has 1 fully saturated rings. The van der Waals surface area contributed by atoms with Gasteiger partial charge in [-0.25, -0.2) is 9.80 Å². The Labute approximate surface area is 166 Å². The summed E-state index contributed by atoms with van der Waals surface area (Å²) in [4.78, 5) is 14.1. The van der Waals surface area contributed by atoms with Gasteiger partial charge in [-0.05, 0) is 19.1 Å². The van der Waals surface area contributed by atoms with Crippen molar-refractivity contribution in [3.05, 3.63) is 62.1 Å². The van der Waals surface area contributed by atoms with E-state index in [4.69, 9.17) is 32.4 Å². The van der Waals surface area contributed by atoms with Crippen molar-refractivity contribution < 1.29 is 9.15 Å². The second-order valence-corrected chi connectivity index (χ2v) is 7.31. The molecule has 0 bridgehead atoms. The Kier molecular flexibility index (Phi) is 5.19. The molecule has 7 nitrogen and oxygen atoms in total. The predicted octanol–water partition coefficient (Wildman–Crippen LogP) is 3.84. The van der Waals surface area contributed by atoms with Gasteiger partial charge < -0.3 is 9.15 Å². The second kappa shape index (κ2) is 7.59. The Morgan fingerprint density at radius 2 is 1.93 bits per heavy atom. The zero-order valence-electron chi connectivity index (χ0n) is 14.6. The van der Waals surface area contributed by atoms with Crippen LogP contribution in [0.25, 0.3) is 0 Å². The Bertz CT molecular complexity index is 927. The monoisotopic (exact) mass is 408 g/mol. The first-order chi connectivity index (χ1) is 13.0. The normalized spacial score (nSPS) is 23.1. The quantitative estimate of drug-likeness (QED) is 0.771. The van der Waals surface area contributed by atoms with Crippen molar-refractivity contribution in [2.24, 2.45) is 10.3 Å². The van der Waals surface area contributed by atoms with E-state index < -0.39 is 5.63 Å². The summed E-state index contributed by atoms with van der Waals surface area (Å²) in [5, 5.41) is 11.7. The van der Waals surface area contributed by atoms with Crippen LogP contribution in [0, 0.1) is 6.92 Å². The fourth-order valence-corrected chi connectivity index (χ4v) is 3.96. The molecule has 27 heavy (non-hydrogen) atoms. The van der Waals surface area contributed by atoms with Gasteiger partial charge in [0.2, 0.25) is 0 Å². The van der Waals surface area contributed by atoms with Crippen LogP contribution in [0.2, 0.25) is 10.0 Å². The molecule has 2 atom stereocenters. The van der Waals surface area contributed by atoms with Crippen LogP contribution in [0.1, 0.15) is 17.4 Å². The highest BCUT2D eigenvalue weighted by Gasteiger charge is 2.41. The Balaban J connectivity index is 1.75. The van der Waals surface area contributed by atoms with Crippen LogP contribution in [-0.2, 0) is 4.74 Å². The standard InChI is InChI=1S/C18H18Cl2N4O3/c1-11-8-13(10-16(25)27-11)24-18(23-4-6-26-7-5-23)17(21-22-24)14-3-2-12(19)9-15(14)20/h2-3,8-10,17-18H,4-7H2,1H3/t17-,18+/m0/s1. The molecule has 0 aliphatic carbocycles. The van der Waals surface area contributed by atoms with Crippen molar-refractivity contribution in [3.8, 4) is 0 Å². The molecule has 3 heterocycles. The molecule has 4 rings (SSSR count). The first-order valence-electron chi connectivity index (χ1n) is 8.61. The van der Waals surface area contributed by atoms with Crippen LogP contribution >= 0.6 is 23.2 Å². The number of nitrogens with zero attached hydrogens (tertiary/aromatic N) is 4. The van der Waals surface area contributed by atoms with Gasteiger partial charge in [-0.1, -0.05) is 34.5 Å². The average Bonchev–Trinajstić information content (AvgIpc) is 3.06. The van der Waals surface area contributed by atoms with Gasteiger partial charge >= 0.3 is 5.63 Å². The van der Waals surface area contributed by atoms with Crippen molar-refractivity contribution in [2.75, 3.05) is 31.3 Å². The first-order valence-corrected chi connectivity index (χ1v) is 9.37. The fourth-order valence-electron chi connectivity index (χ4n) is 3.44. The largest absolute Gasteiger partial charge is 0.428 e. The van der Waals surface area contributed by atoms with E-state index >= 15 is 0 Å². The van der Waals surface area contributed by atoms with Gasteiger partial charge in [0.25, 0.3) is 0 Å². The summed E-state index contributed by atoms with van der Waals surface area (Å²) in [5.74, 6) is 0.515. The molecule has 2 aromatic rings. The van der Waals surface area contributed by atoms with Crippen LogP contribution in [0.15, 0.2) is 49.9 Å². The van der Waals surface area contributed by atoms with Crippen LogP contribution in [0.3, 0.4) is 0 Å². The lowest BCUT2D eigenvalue weighted by Gasteiger charge is -2.38. The third-order valence-electron chi connectivity index (χ3n) is 4.65. The summed E-state index contributed by atoms with van der Waals surface area (Å²) in [5.41, 5.74) is 1.05. The number of ether oxygens (including phenoxy) is 1. The van der Waals surface area contributed by atoms with Gasteiger partial charge in [-0.2, -0.15) is 5.11 Å². The molecule has 0 saturated carbocycles. The predicted molar refractivity (Wildman–Crippen MR) is 102 cm³/mol. The minimum Gasteiger partial charge on any atom is -0.428 e. The minimum absolute atomic E-state index is 0.228. The number of morpholine rings is 1. The van der Waals surface area contributed by atoms with E-state index in [0.717, 1.165) is 18.7 Å². The third kappa shape index (κ3) is 3.73. The molecule has 9 heteroatoms. The van der Waals surface area contributed by atoms with E-state index in [1.165, 1.54) is 6.07 Å². The Morgan fingerprint density at radius 3 is 2.63 bits per heavy atom. The molecular formula is C18H18Cl2N4O3. The highest BCUT2D eigenvalue weighted by Crippen LogP contribution is 2.40. The molecule has 1 saturated heterocycles. The van der Waals surface area contributed by atoms with Crippen molar-refractivity contribution in [2.45, 2.75) is 19.1 Å². The van der Waals surface area contributed by atoms with E-state index in [-0.39, 0.29) is 12.2 Å². The maximum Gasteiger partial charge on any atom is 0.337 e. The molecule has 2 aliphatic heterocycles. The number of hydrogen-bond acceptors (Lipinski definition) is 7. The van der Waals surface area contributed by atoms with Gasteiger partial charge in [-0.15, -0.1) is 0 Å². The van der Waals surface area contributed by atoms with Gasteiger partial charge in [0, 0.05) is 40.8 Å². The van der Waals surface area contributed by atoms with Crippen molar-refractivity contribution in [1.29, 1.82) is 0 Å². The summed E-state index contributed by atoms with van der Waals surface area (Å²) in [6.45, 7) is 4.45. The first kappa shape index (κ1) is 18.4. The zero-order chi connectivity index (χ0) is 19.0. The number of halogens is 2. The summed E-state index contributed by atoms with van der Waals surface area (Å²) >= 11 is 12.5. The van der Waals surface area contributed by atoms with E-state index in [1.54, 1.807) is 30.1 Å². The van der Waals surface area contributed by atoms with Crippen LogP contribution in [0.4, 0.5) is 5.69 Å². The topological polar surface area (TPSA) is 70.6 Å². The molecule has 0 unspecified atom stereocenters. The minimum atomic E-state index is -0.422. The maximum absolute atomic E-state index is 11.9. The van der Waals surface area contributed by atoms with Gasteiger partial charge in [-0.3, -0.25) is 4.90 Å². The summed E-state index contributed by atoms with van der Waals surface area (Å²) in [6.07, 6.45) is -0.228. The van der Waals surface area contributed by atoms with E-state index in [9.17, 15) is 4.79 Å². The zero-order valence-corrected chi connectivity index (χ0v) is 16.2. The lowest BCUT2D eigenvalue weighted by Crippen LogP contribution is -2.51. The second-order valence-electron chi connectivity index (χ2n) is 6.47. The molecule has 142 valence electrons. The Hall–Kier alpha value is -1.93. The van der Waals surface area contributed by atoms with Crippen LogP contribution in [-0.4, -0.2) is 37.4 Å². The molecule has 0 amide bonds. The summed E-state index contributed by atoms with van der Waals surface area (Å²) in [6, 6.07) is 8.24. The van der Waals surface area contributed by atoms with Crippen LogP contribution in [0.5, 0.6) is 0 Å².